The molecule has 0 spiro atoms. The highest BCUT2D eigenvalue weighted by Crippen LogP contribution is 2.41. The molecular formula is C28H29ClN2O4. The molecule has 3 aromatic rings. The molecule has 1 heterocycles. The van der Waals surface area contributed by atoms with Gasteiger partial charge in [-0.15, -0.1) is 0 Å². The number of hydrogen-bond donors (Lipinski definition) is 0. The van der Waals surface area contributed by atoms with Crippen LogP contribution in [-0.4, -0.2) is 56.0 Å². The molecule has 0 radical (unpaired) electrons. The SMILES string of the molecule is COc1ccc(OC)c([C@H]2CN(C(=O)c3ccccc3Cl)C[C@@H]2C(=O)N(C)Cc2ccccc2)c1. The lowest BCUT2D eigenvalue weighted by molar-refractivity contribution is -0.134. The van der Waals surface area contributed by atoms with Crippen molar-refractivity contribution in [3.8, 4) is 11.5 Å². The zero-order valence-electron chi connectivity index (χ0n) is 20.1. The molecule has 0 unspecified atom stereocenters. The third kappa shape index (κ3) is 5.28. The van der Waals surface area contributed by atoms with Gasteiger partial charge < -0.3 is 19.3 Å². The number of hydrogen-bond acceptors (Lipinski definition) is 4. The minimum Gasteiger partial charge on any atom is -0.497 e. The van der Waals surface area contributed by atoms with Crippen LogP contribution in [0.4, 0.5) is 0 Å². The van der Waals surface area contributed by atoms with Crippen LogP contribution in [-0.2, 0) is 11.3 Å². The zero-order chi connectivity index (χ0) is 24.9. The maximum atomic E-state index is 13.7. The van der Waals surface area contributed by atoms with E-state index in [9.17, 15) is 9.59 Å². The van der Waals surface area contributed by atoms with Gasteiger partial charge in [-0.25, -0.2) is 0 Å². The minimum atomic E-state index is -0.448. The number of ether oxygens (including phenoxy) is 2. The summed E-state index contributed by atoms with van der Waals surface area (Å²) < 4.78 is 11.1. The molecule has 0 saturated carbocycles. The minimum absolute atomic E-state index is 0.0295. The van der Waals surface area contributed by atoms with Crippen molar-refractivity contribution in [1.29, 1.82) is 0 Å². The predicted octanol–water partition coefficient (Wildman–Crippen LogP) is 4.87. The molecule has 6 nitrogen and oxygen atoms in total. The van der Waals surface area contributed by atoms with Crippen LogP contribution in [0.5, 0.6) is 11.5 Å². The summed E-state index contributed by atoms with van der Waals surface area (Å²) in [4.78, 5) is 30.6. The van der Waals surface area contributed by atoms with Crippen LogP contribution < -0.4 is 9.47 Å². The topological polar surface area (TPSA) is 59.1 Å². The van der Waals surface area contributed by atoms with E-state index in [1.54, 1.807) is 55.3 Å². The molecule has 2 atom stereocenters. The van der Waals surface area contributed by atoms with E-state index >= 15 is 0 Å². The predicted molar refractivity (Wildman–Crippen MR) is 136 cm³/mol. The normalized spacial score (nSPS) is 17.2. The standard InChI is InChI=1S/C28H29ClN2O4/c1-30(16-19-9-5-4-6-10-19)27(32)24-18-31(28(33)21-11-7-8-12-25(21)29)17-23(24)22-15-20(34-2)13-14-26(22)35-3/h4-15,23-24H,16-18H2,1-3H3/t23-,24+/m1/s1. The lowest BCUT2D eigenvalue weighted by Crippen LogP contribution is -2.36. The number of benzene rings is 3. The average Bonchev–Trinajstić information content (AvgIpc) is 3.33. The second-order valence-electron chi connectivity index (χ2n) is 8.69. The molecule has 35 heavy (non-hydrogen) atoms. The summed E-state index contributed by atoms with van der Waals surface area (Å²) in [7, 11) is 5.00. The zero-order valence-corrected chi connectivity index (χ0v) is 20.9. The van der Waals surface area contributed by atoms with E-state index in [1.165, 1.54) is 0 Å². The van der Waals surface area contributed by atoms with Gasteiger partial charge in [0.2, 0.25) is 5.91 Å². The highest BCUT2D eigenvalue weighted by molar-refractivity contribution is 6.33. The van der Waals surface area contributed by atoms with Gasteiger partial charge >= 0.3 is 0 Å². The Labute approximate surface area is 211 Å². The lowest BCUT2D eigenvalue weighted by atomic mass is 9.87. The van der Waals surface area contributed by atoms with Crippen LogP contribution in [0.15, 0.2) is 72.8 Å². The Balaban J connectivity index is 1.68. The quantitative estimate of drug-likeness (QED) is 0.472. The second kappa shape index (κ2) is 10.8. The van der Waals surface area contributed by atoms with Crippen molar-refractivity contribution < 1.29 is 19.1 Å². The summed E-state index contributed by atoms with van der Waals surface area (Å²) in [6, 6.07) is 22.4. The summed E-state index contributed by atoms with van der Waals surface area (Å²) in [5.74, 6) is 0.391. The number of amides is 2. The van der Waals surface area contributed by atoms with Crippen LogP contribution in [0, 0.1) is 5.92 Å². The highest BCUT2D eigenvalue weighted by Gasteiger charge is 2.43. The number of carbonyl (C=O) groups is 2. The summed E-state index contributed by atoms with van der Waals surface area (Å²) in [6.45, 7) is 1.13. The largest absolute Gasteiger partial charge is 0.497 e. The van der Waals surface area contributed by atoms with Crippen LogP contribution in [0.3, 0.4) is 0 Å². The van der Waals surface area contributed by atoms with E-state index < -0.39 is 5.92 Å². The molecular weight excluding hydrogens is 464 g/mol. The molecule has 0 N–H and O–H groups in total. The molecule has 1 aliphatic heterocycles. The molecule has 3 aromatic carbocycles. The van der Waals surface area contributed by atoms with Crippen molar-refractivity contribution in [2.75, 3.05) is 34.4 Å². The Morgan fingerprint density at radius 1 is 0.971 bits per heavy atom. The molecule has 1 aliphatic rings. The van der Waals surface area contributed by atoms with Gasteiger partial charge in [-0.1, -0.05) is 54.1 Å². The summed E-state index contributed by atoms with van der Waals surface area (Å²) in [5.41, 5.74) is 2.31. The van der Waals surface area contributed by atoms with Crippen molar-refractivity contribution in [1.82, 2.24) is 9.80 Å². The monoisotopic (exact) mass is 492 g/mol. The molecule has 4 rings (SSSR count). The van der Waals surface area contributed by atoms with Crippen LogP contribution >= 0.6 is 11.6 Å². The third-order valence-electron chi connectivity index (χ3n) is 6.50. The Hall–Kier alpha value is -3.51. The molecule has 1 saturated heterocycles. The van der Waals surface area contributed by atoms with Gasteiger partial charge in [-0.3, -0.25) is 9.59 Å². The first-order valence-corrected chi connectivity index (χ1v) is 11.8. The van der Waals surface area contributed by atoms with Crippen molar-refractivity contribution in [3.63, 3.8) is 0 Å². The molecule has 2 amide bonds. The molecule has 0 aliphatic carbocycles. The maximum absolute atomic E-state index is 13.7. The van der Waals surface area contributed by atoms with Crippen LogP contribution in [0.2, 0.25) is 5.02 Å². The fourth-order valence-corrected chi connectivity index (χ4v) is 4.90. The number of rotatable bonds is 7. The van der Waals surface area contributed by atoms with Crippen molar-refractivity contribution in [3.05, 3.63) is 94.5 Å². The van der Waals surface area contributed by atoms with Gasteiger partial charge in [-0.05, 0) is 35.9 Å². The average molecular weight is 493 g/mol. The lowest BCUT2D eigenvalue weighted by Gasteiger charge is -2.25. The maximum Gasteiger partial charge on any atom is 0.255 e. The van der Waals surface area contributed by atoms with Gasteiger partial charge in [-0.2, -0.15) is 0 Å². The van der Waals surface area contributed by atoms with E-state index in [1.807, 2.05) is 48.5 Å². The van der Waals surface area contributed by atoms with E-state index in [2.05, 4.69) is 0 Å². The van der Waals surface area contributed by atoms with Gasteiger partial charge in [0, 0.05) is 38.2 Å². The molecule has 7 heteroatoms. The Morgan fingerprint density at radius 2 is 1.69 bits per heavy atom. The van der Waals surface area contributed by atoms with Gasteiger partial charge in [0.05, 0.1) is 30.7 Å². The summed E-state index contributed by atoms with van der Waals surface area (Å²) in [6.07, 6.45) is 0. The first-order chi connectivity index (χ1) is 16.9. The fourth-order valence-electron chi connectivity index (χ4n) is 4.69. The number of methoxy groups -OCH3 is 2. The smallest absolute Gasteiger partial charge is 0.255 e. The van der Waals surface area contributed by atoms with E-state index in [4.69, 9.17) is 21.1 Å². The Bertz CT molecular complexity index is 1200. The van der Waals surface area contributed by atoms with Gasteiger partial charge in [0.15, 0.2) is 0 Å². The van der Waals surface area contributed by atoms with Crippen LogP contribution in [0.1, 0.15) is 27.4 Å². The van der Waals surface area contributed by atoms with Crippen molar-refractivity contribution in [2.45, 2.75) is 12.5 Å². The van der Waals surface area contributed by atoms with Crippen molar-refractivity contribution in [2.24, 2.45) is 5.92 Å². The Morgan fingerprint density at radius 3 is 2.37 bits per heavy atom. The first kappa shape index (κ1) is 24.6. The van der Waals surface area contributed by atoms with Gasteiger partial charge in [0.25, 0.3) is 5.91 Å². The molecule has 0 aromatic heterocycles. The van der Waals surface area contributed by atoms with Crippen LogP contribution in [0.25, 0.3) is 0 Å². The summed E-state index contributed by atoms with van der Waals surface area (Å²) >= 11 is 6.32. The molecule has 182 valence electrons. The number of likely N-dealkylation sites (tertiary alicyclic amines) is 1. The van der Waals surface area contributed by atoms with Gasteiger partial charge in [0.1, 0.15) is 11.5 Å². The van der Waals surface area contributed by atoms with E-state index in [-0.39, 0.29) is 24.3 Å². The van der Waals surface area contributed by atoms with Crippen molar-refractivity contribution >= 4 is 23.4 Å². The number of nitrogens with zero attached hydrogens (tertiary/aromatic N) is 2. The number of halogens is 1. The summed E-state index contributed by atoms with van der Waals surface area (Å²) in [5, 5.41) is 0.393. The fraction of sp³-hybridized carbons (Fsp3) is 0.286. The first-order valence-electron chi connectivity index (χ1n) is 11.5. The molecule has 1 fully saturated rings. The Kier molecular flexibility index (Phi) is 7.61. The second-order valence-corrected chi connectivity index (χ2v) is 9.10. The van der Waals surface area contributed by atoms with E-state index in [0.717, 1.165) is 11.1 Å². The number of carbonyl (C=O) groups excluding carboxylic acids is 2. The van der Waals surface area contributed by atoms with E-state index in [0.29, 0.717) is 35.2 Å². The molecule has 0 bridgehead atoms. The third-order valence-corrected chi connectivity index (χ3v) is 6.83. The highest BCUT2D eigenvalue weighted by atomic mass is 35.5.